The zero-order valence-electron chi connectivity index (χ0n) is 29.0. The number of carboxylic acids is 1. The molecule has 0 saturated carbocycles. The van der Waals surface area contributed by atoms with Crippen LogP contribution in [0.15, 0.2) is 53.5 Å². The van der Waals surface area contributed by atoms with Crippen molar-refractivity contribution >= 4 is 47.7 Å². The van der Waals surface area contributed by atoms with Gasteiger partial charge in [0.25, 0.3) is 5.91 Å². The van der Waals surface area contributed by atoms with Crippen molar-refractivity contribution in [1.82, 2.24) is 26.8 Å². The van der Waals surface area contributed by atoms with E-state index in [1.807, 2.05) is 0 Å². The molecule has 0 bridgehead atoms. The molecule has 0 heterocycles. The number of nitrogens with one attached hydrogen (secondary N) is 5. The van der Waals surface area contributed by atoms with Crippen LogP contribution in [-0.4, -0.2) is 63.9 Å². The Morgan fingerprint density at radius 2 is 1.24 bits per heavy atom. The molecule has 6 N–H and O–H groups in total. The van der Waals surface area contributed by atoms with E-state index < -0.39 is 58.9 Å². The van der Waals surface area contributed by atoms with E-state index in [4.69, 9.17) is 14.2 Å². The summed E-state index contributed by atoms with van der Waals surface area (Å²) in [5.74, 6) is -2.87. The van der Waals surface area contributed by atoms with E-state index in [2.05, 4.69) is 31.8 Å². The fraction of sp³-hybridized carbons (Fsp3) is 0.424. The lowest BCUT2D eigenvalue weighted by Crippen LogP contribution is -2.48. The van der Waals surface area contributed by atoms with E-state index in [0.717, 1.165) is 0 Å². The number of ether oxygens (including phenoxy) is 3. The normalized spacial score (nSPS) is 11.9. The second kappa shape index (κ2) is 16.4. The summed E-state index contributed by atoms with van der Waals surface area (Å²) < 4.78 is 15.8. The summed E-state index contributed by atoms with van der Waals surface area (Å²) in [6.07, 6.45) is -2.11. The average Bonchev–Trinajstić information content (AvgIpc) is 2.92. The molecule has 0 radical (unpaired) electrons. The van der Waals surface area contributed by atoms with Crippen LogP contribution in [0, 0.1) is 0 Å². The van der Waals surface area contributed by atoms with Crippen molar-refractivity contribution in [1.29, 1.82) is 0 Å². The van der Waals surface area contributed by atoms with E-state index in [-0.39, 0.29) is 29.2 Å². The maximum atomic E-state index is 12.9. The SMILES string of the molecule is CC(C)(C)OC(=O)C[C@@H](NC(=O)NNC(=O)c1cccc(N=C(NC(=O)OC(C)(C)C)NC(=O)OC(C)(C)C)c1)c1ccc(C(=O)O)cc1. The Morgan fingerprint density at radius 3 is 1.73 bits per heavy atom. The molecule has 16 heteroatoms. The van der Waals surface area contributed by atoms with Gasteiger partial charge < -0.3 is 24.6 Å². The molecule has 0 unspecified atom stereocenters. The number of benzene rings is 2. The smallest absolute Gasteiger partial charge is 0.414 e. The minimum absolute atomic E-state index is 0.0106. The molecular formula is C33H44N6O10. The van der Waals surface area contributed by atoms with E-state index in [0.29, 0.717) is 5.56 Å². The van der Waals surface area contributed by atoms with Gasteiger partial charge in [-0.2, -0.15) is 0 Å². The number of hydrogen-bond donors (Lipinski definition) is 6. The van der Waals surface area contributed by atoms with Crippen LogP contribution in [0.3, 0.4) is 0 Å². The summed E-state index contributed by atoms with van der Waals surface area (Å²) in [5, 5.41) is 16.5. The Morgan fingerprint density at radius 1 is 0.714 bits per heavy atom. The minimum Gasteiger partial charge on any atom is -0.478 e. The number of carboxylic acid groups (broad SMARTS) is 1. The number of hydrazine groups is 1. The van der Waals surface area contributed by atoms with Gasteiger partial charge >= 0.3 is 30.2 Å². The van der Waals surface area contributed by atoms with Gasteiger partial charge in [0.15, 0.2) is 0 Å². The zero-order chi connectivity index (χ0) is 37.2. The van der Waals surface area contributed by atoms with Crippen molar-refractivity contribution in [3.63, 3.8) is 0 Å². The zero-order valence-corrected chi connectivity index (χ0v) is 29.0. The number of hydrogen-bond acceptors (Lipinski definition) is 10. The average molecular weight is 685 g/mol. The number of nitrogens with zero attached hydrogens (tertiary/aromatic N) is 1. The fourth-order valence-corrected chi connectivity index (χ4v) is 3.77. The first kappa shape index (κ1) is 39.5. The van der Waals surface area contributed by atoms with Crippen molar-refractivity contribution in [2.75, 3.05) is 0 Å². The van der Waals surface area contributed by atoms with Crippen LogP contribution in [0.5, 0.6) is 0 Å². The second-order valence-electron chi connectivity index (χ2n) is 13.6. The molecule has 2 rings (SSSR count). The van der Waals surface area contributed by atoms with Gasteiger partial charge in [0.05, 0.1) is 23.7 Å². The van der Waals surface area contributed by atoms with E-state index in [1.165, 1.54) is 48.5 Å². The third-order valence-electron chi connectivity index (χ3n) is 5.53. The van der Waals surface area contributed by atoms with Crippen LogP contribution in [0.25, 0.3) is 0 Å². The topological polar surface area (TPSA) is 223 Å². The van der Waals surface area contributed by atoms with E-state index in [9.17, 15) is 33.9 Å². The molecule has 0 aromatic heterocycles. The van der Waals surface area contributed by atoms with Crippen LogP contribution in [0.1, 0.15) is 101 Å². The molecule has 5 amide bonds. The number of aromatic carboxylic acids is 1. The van der Waals surface area contributed by atoms with E-state index >= 15 is 0 Å². The predicted octanol–water partition coefficient (Wildman–Crippen LogP) is 4.84. The summed E-state index contributed by atoms with van der Waals surface area (Å²) in [6.45, 7) is 15.0. The summed E-state index contributed by atoms with van der Waals surface area (Å²) in [4.78, 5) is 78.6. The van der Waals surface area contributed by atoms with Crippen molar-refractivity contribution in [3.05, 3.63) is 65.2 Å². The number of rotatable bonds is 7. The largest absolute Gasteiger partial charge is 0.478 e. The first-order valence-electron chi connectivity index (χ1n) is 15.1. The number of alkyl carbamates (subject to hydrolysis) is 2. The lowest BCUT2D eigenvalue weighted by molar-refractivity contribution is -0.155. The molecule has 1 atom stereocenters. The molecule has 0 aliphatic carbocycles. The molecule has 2 aromatic rings. The van der Waals surface area contributed by atoms with Gasteiger partial charge in [0.1, 0.15) is 16.8 Å². The highest BCUT2D eigenvalue weighted by molar-refractivity contribution is 6.03. The Kier molecular flexibility index (Phi) is 13.3. The third-order valence-corrected chi connectivity index (χ3v) is 5.53. The van der Waals surface area contributed by atoms with Gasteiger partial charge in [-0.1, -0.05) is 18.2 Å². The predicted molar refractivity (Wildman–Crippen MR) is 178 cm³/mol. The molecule has 16 nitrogen and oxygen atoms in total. The highest BCUT2D eigenvalue weighted by Crippen LogP contribution is 2.21. The summed E-state index contributed by atoms with van der Waals surface area (Å²) in [7, 11) is 0. The molecule has 266 valence electrons. The first-order chi connectivity index (χ1) is 22.5. The number of carbonyl (C=O) groups excluding carboxylic acids is 5. The van der Waals surface area contributed by atoms with Gasteiger partial charge in [-0.3, -0.25) is 25.6 Å². The summed E-state index contributed by atoms with van der Waals surface area (Å²) in [6, 6.07) is 9.43. The molecule has 0 fully saturated rings. The van der Waals surface area contributed by atoms with Gasteiger partial charge in [0, 0.05) is 5.56 Å². The van der Waals surface area contributed by atoms with Crippen molar-refractivity contribution in [2.45, 2.75) is 91.6 Å². The lowest BCUT2D eigenvalue weighted by Gasteiger charge is -2.23. The lowest BCUT2D eigenvalue weighted by atomic mass is 10.0. The molecule has 2 aromatic carbocycles. The van der Waals surface area contributed by atoms with Crippen LogP contribution < -0.4 is 26.8 Å². The van der Waals surface area contributed by atoms with E-state index in [1.54, 1.807) is 62.3 Å². The first-order valence-corrected chi connectivity index (χ1v) is 15.1. The maximum absolute atomic E-state index is 12.9. The maximum Gasteiger partial charge on any atom is 0.414 e. The molecule has 0 spiro atoms. The fourth-order valence-electron chi connectivity index (χ4n) is 3.77. The molecule has 49 heavy (non-hydrogen) atoms. The number of esters is 1. The van der Waals surface area contributed by atoms with Crippen molar-refractivity contribution in [3.8, 4) is 0 Å². The van der Waals surface area contributed by atoms with Crippen LogP contribution in [0.4, 0.5) is 20.1 Å². The van der Waals surface area contributed by atoms with Gasteiger partial charge in [-0.05, 0) is 98.2 Å². The van der Waals surface area contributed by atoms with Crippen molar-refractivity contribution in [2.24, 2.45) is 4.99 Å². The van der Waals surface area contributed by atoms with Crippen LogP contribution in [-0.2, 0) is 19.0 Å². The summed E-state index contributed by atoms with van der Waals surface area (Å²) >= 11 is 0. The third kappa shape index (κ3) is 15.6. The standard InChI is InChI=1S/C33H44N6O10/c1-31(2,3)47-24(40)18-23(19-13-15-20(16-14-19)26(42)43)35-28(44)39-38-25(41)21-11-10-12-22(17-21)34-27(36-29(45)48-32(4,5)6)37-30(46)49-33(7,8)9/h10-17,23H,18H2,1-9H3,(H,38,41)(H,42,43)(H2,35,39,44)(H2,34,36,37,45,46)/t23-/m1/s1. The Bertz CT molecular complexity index is 1540. The minimum atomic E-state index is -1.15. The Hall–Kier alpha value is -5.67. The number of amides is 5. The van der Waals surface area contributed by atoms with Gasteiger partial charge in [-0.15, -0.1) is 0 Å². The Balaban J connectivity index is 2.20. The molecular weight excluding hydrogens is 640 g/mol. The molecule has 0 aliphatic rings. The summed E-state index contributed by atoms with van der Waals surface area (Å²) in [5.41, 5.74) is 2.55. The monoisotopic (exact) mass is 684 g/mol. The number of urea groups is 1. The van der Waals surface area contributed by atoms with Gasteiger partial charge in [-0.25, -0.2) is 29.6 Å². The Labute approximate surface area is 284 Å². The second-order valence-corrected chi connectivity index (χ2v) is 13.6. The van der Waals surface area contributed by atoms with Crippen LogP contribution in [0.2, 0.25) is 0 Å². The quantitative estimate of drug-likeness (QED) is 0.0765. The number of guanidine groups is 1. The highest BCUT2D eigenvalue weighted by atomic mass is 16.6. The highest BCUT2D eigenvalue weighted by Gasteiger charge is 2.25. The van der Waals surface area contributed by atoms with Crippen LogP contribution >= 0.6 is 0 Å². The molecule has 0 aliphatic heterocycles. The number of aliphatic imine (C=N–C) groups is 1. The number of carbonyl (C=O) groups is 6. The van der Waals surface area contributed by atoms with Crippen molar-refractivity contribution < 1.29 is 48.1 Å². The van der Waals surface area contributed by atoms with Gasteiger partial charge in [0.2, 0.25) is 5.96 Å². The molecule has 0 saturated heterocycles.